The lowest BCUT2D eigenvalue weighted by Gasteiger charge is -2.34. The van der Waals surface area contributed by atoms with Gasteiger partial charge in [0.2, 0.25) is 5.95 Å². The van der Waals surface area contributed by atoms with Crippen molar-refractivity contribution in [1.29, 1.82) is 0 Å². The van der Waals surface area contributed by atoms with Gasteiger partial charge in [-0.1, -0.05) is 0 Å². The Morgan fingerprint density at radius 3 is 2.60 bits per heavy atom. The summed E-state index contributed by atoms with van der Waals surface area (Å²) in [6.07, 6.45) is 5.74. The summed E-state index contributed by atoms with van der Waals surface area (Å²) in [4.78, 5) is 20.5. The molecular formula is C21H40N8O. The Morgan fingerprint density at radius 1 is 1.13 bits per heavy atom. The second-order valence-electron chi connectivity index (χ2n) is 7.57. The summed E-state index contributed by atoms with van der Waals surface area (Å²) in [5.74, 6) is 1.75. The molecule has 170 valence electrons. The minimum Gasteiger partial charge on any atom is -0.385 e. The number of nitrogens with zero attached hydrogens (tertiary/aromatic N) is 6. The van der Waals surface area contributed by atoms with Crippen molar-refractivity contribution in [3.8, 4) is 0 Å². The molecule has 9 nitrogen and oxygen atoms in total. The minimum atomic E-state index is 0.816. The fraction of sp³-hybridized carbons (Fsp3) is 0.762. The zero-order chi connectivity index (χ0) is 21.4. The topological polar surface area (TPSA) is 81.2 Å². The van der Waals surface area contributed by atoms with Crippen molar-refractivity contribution in [2.75, 3.05) is 91.1 Å². The second-order valence-corrected chi connectivity index (χ2v) is 7.57. The van der Waals surface area contributed by atoms with Crippen LogP contribution in [0.15, 0.2) is 23.5 Å². The Hall–Kier alpha value is -1.97. The number of likely N-dealkylation sites (N-methyl/N-ethyl adjacent to an activating group) is 1. The van der Waals surface area contributed by atoms with E-state index in [2.05, 4.69) is 49.3 Å². The lowest BCUT2D eigenvalue weighted by molar-refractivity contribution is 0.180. The molecule has 0 unspecified atom stereocenters. The smallest absolute Gasteiger partial charge is 0.225 e. The van der Waals surface area contributed by atoms with Crippen LogP contribution in [0.2, 0.25) is 0 Å². The van der Waals surface area contributed by atoms with Crippen LogP contribution in [0.3, 0.4) is 0 Å². The van der Waals surface area contributed by atoms with E-state index in [1.54, 1.807) is 7.11 Å². The fourth-order valence-electron chi connectivity index (χ4n) is 3.41. The normalized spacial score (nSPS) is 15.6. The number of piperazine rings is 1. The van der Waals surface area contributed by atoms with Crippen LogP contribution in [0.1, 0.15) is 19.8 Å². The molecule has 0 amide bonds. The van der Waals surface area contributed by atoms with Gasteiger partial charge in [-0.2, -0.15) is 0 Å². The maximum absolute atomic E-state index is 5.11. The van der Waals surface area contributed by atoms with Crippen LogP contribution in [0.4, 0.5) is 5.95 Å². The molecule has 30 heavy (non-hydrogen) atoms. The number of hydrogen-bond donors (Lipinski definition) is 2. The van der Waals surface area contributed by atoms with Crippen LogP contribution in [0, 0.1) is 0 Å². The maximum Gasteiger partial charge on any atom is 0.225 e. The third-order valence-electron chi connectivity index (χ3n) is 5.13. The third kappa shape index (κ3) is 9.69. The second kappa shape index (κ2) is 14.9. The number of rotatable bonds is 13. The molecule has 1 aliphatic heterocycles. The Morgan fingerprint density at radius 2 is 1.90 bits per heavy atom. The predicted octanol–water partition coefficient (Wildman–Crippen LogP) is 0.512. The SMILES string of the molecule is CCNC(=NCCCN1CCN(c2ncccn2)CC1)NCCN(C)CCCOC. The van der Waals surface area contributed by atoms with Gasteiger partial charge in [-0.05, 0) is 32.9 Å². The van der Waals surface area contributed by atoms with E-state index in [1.807, 2.05) is 18.5 Å². The molecule has 2 heterocycles. The average molecular weight is 421 g/mol. The van der Waals surface area contributed by atoms with Gasteiger partial charge in [0.15, 0.2) is 5.96 Å². The van der Waals surface area contributed by atoms with Crippen LogP contribution < -0.4 is 15.5 Å². The summed E-state index contributed by atoms with van der Waals surface area (Å²) in [5.41, 5.74) is 0. The molecule has 9 heteroatoms. The van der Waals surface area contributed by atoms with E-state index in [0.29, 0.717) is 0 Å². The summed E-state index contributed by atoms with van der Waals surface area (Å²) >= 11 is 0. The largest absolute Gasteiger partial charge is 0.385 e. The van der Waals surface area contributed by atoms with Crippen molar-refractivity contribution in [3.63, 3.8) is 0 Å². The van der Waals surface area contributed by atoms with Gasteiger partial charge in [-0.3, -0.25) is 9.89 Å². The summed E-state index contributed by atoms with van der Waals surface area (Å²) in [6.45, 7) is 12.7. The highest BCUT2D eigenvalue weighted by molar-refractivity contribution is 5.79. The van der Waals surface area contributed by atoms with Crippen LogP contribution in [-0.2, 0) is 4.74 Å². The number of hydrogen-bond acceptors (Lipinski definition) is 7. The van der Waals surface area contributed by atoms with E-state index in [9.17, 15) is 0 Å². The summed E-state index contributed by atoms with van der Waals surface area (Å²) in [6, 6.07) is 1.86. The number of guanidine groups is 1. The van der Waals surface area contributed by atoms with E-state index in [4.69, 9.17) is 9.73 Å². The van der Waals surface area contributed by atoms with Gasteiger partial charge in [-0.15, -0.1) is 0 Å². The maximum atomic E-state index is 5.11. The van der Waals surface area contributed by atoms with Crippen LogP contribution in [0.25, 0.3) is 0 Å². The van der Waals surface area contributed by atoms with Crippen LogP contribution in [-0.4, -0.2) is 112 Å². The molecule has 2 N–H and O–H groups in total. The van der Waals surface area contributed by atoms with Crippen LogP contribution in [0.5, 0.6) is 0 Å². The highest BCUT2D eigenvalue weighted by Gasteiger charge is 2.18. The summed E-state index contributed by atoms with van der Waals surface area (Å²) in [5, 5.41) is 6.77. The molecule has 0 bridgehead atoms. The van der Waals surface area contributed by atoms with Crippen molar-refractivity contribution in [3.05, 3.63) is 18.5 Å². The van der Waals surface area contributed by atoms with Crippen molar-refractivity contribution in [2.24, 2.45) is 4.99 Å². The van der Waals surface area contributed by atoms with Crippen molar-refractivity contribution >= 4 is 11.9 Å². The molecule has 0 saturated carbocycles. The quantitative estimate of drug-likeness (QED) is 0.271. The molecule has 0 aliphatic carbocycles. The molecule has 2 rings (SSSR count). The molecule has 0 spiro atoms. The van der Waals surface area contributed by atoms with Crippen molar-refractivity contribution < 1.29 is 4.74 Å². The van der Waals surface area contributed by atoms with Gasteiger partial charge in [0.1, 0.15) is 0 Å². The fourth-order valence-corrected chi connectivity index (χ4v) is 3.41. The van der Waals surface area contributed by atoms with Gasteiger partial charge in [0.05, 0.1) is 0 Å². The molecule has 0 aromatic carbocycles. The zero-order valence-electron chi connectivity index (χ0n) is 19.0. The van der Waals surface area contributed by atoms with Gasteiger partial charge < -0.3 is 25.2 Å². The van der Waals surface area contributed by atoms with Gasteiger partial charge in [-0.25, -0.2) is 9.97 Å². The number of nitrogens with one attached hydrogen (secondary N) is 2. The Kier molecular flexibility index (Phi) is 12.1. The number of methoxy groups -OCH3 is 1. The molecule has 1 saturated heterocycles. The lowest BCUT2D eigenvalue weighted by atomic mass is 10.3. The van der Waals surface area contributed by atoms with E-state index in [0.717, 1.165) is 96.8 Å². The Labute approximate surface area is 181 Å². The van der Waals surface area contributed by atoms with E-state index in [-0.39, 0.29) is 0 Å². The van der Waals surface area contributed by atoms with Crippen molar-refractivity contribution in [1.82, 2.24) is 30.4 Å². The van der Waals surface area contributed by atoms with E-state index < -0.39 is 0 Å². The highest BCUT2D eigenvalue weighted by atomic mass is 16.5. The predicted molar refractivity (Wildman–Crippen MR) is 123 cm³/mol. The molecule has 0 atom stereocenters. The average Bonchev–Trinajstić information content (AvgIpc) is 2.78. The highest BCUT2D eigenvalue weighted by Crippen LogP contribution is 2.09. The molecule has 1 aromatic heterocycles. The molecule has 1 fully saturated rings. The van der Waals surface area contributed by atoms with Gasteiger partial charge in [0.25, 0.3) is 0 Å². The number of ether oxygens (including phenoxy) is 1. The first-order chi connectivity index (χ1) is 14.7. The monoisotopic (exact) mass is 420 g/mol. The summed E-state index contributed by atoms with van der Waals surface area (Å²) in [7, 11) is 3.89. The van der Waals surface area contributed by atoms with Crippen molar-refractivity contribution in [2.45, 2.75) is 19.8 Å². The molecule has 0 radical (unpaired) electrons. The molecule has 1 aliphatic rings. The standard InChI is InChI=1S/C21H40N8O/c1-4-22-20(24-11-14-27(2)12-7-19-30-3)23-10-6-13-28-15-17-29(18-16-28)21-25-8-5-9-26-21/h5,8-9H,4,6-7,10-19H2,1-3H3,(H2,22,23,24). The number of aromatic nitrogens is 2. The Bertz CT molecular complexity index is 578. The lowest BCUT2D eigenvalue weighted by Crippen LogP contribution is -2.47. The number of aliphatic imine (C=N–C) groups is 1. The first-order valence-corrected chi connectivity index (χ1v) is 11.2. The summed E-state index contributed by atoms with van der Waals surface area (Å²) < 4.78 is 5.11. The molecular weight excluding hydrogens is 380 g/mol. The third-order valence-corrected chi connectivity index (χ3v) is 5.13. The first-order valence-electron chi connectivity index (χ1n) is 11.2. The van der Waals surface area contributed by atoms with E-state index >= 15 is 0 Å². The van der Waals surface area contributed by atoms with Gasteiger partial charge in [0, 0.05) is 91.6 Å². The minimum absolute atomic E-state index is 0.816. The Balaban J connectivity index is 1.60. The van der Waals surface area contributed by atoms with Gasteiger partial charge >= 0.3 is 0 Å². The molecule has 1 aromatic rings. The zero-order valence-corrected chi connectivity index (χ0v) is 19.0. The number of anilines is 1. The van der Waals surface area contributed by atoms with Crippen LogP contribution >= 0.6 is 0 Å². The first kappa shape index (κ1) is 24.3. The van der Waals surface area contributed by atoms with E-state index in [1.165, 1.54) is 0 Å².